The van der Waals surface area contributed by atoms with Crippen LogP contribution in [0.25, 0.3) is 0 Å². The third kappa shape index (κ3) is 6.60. The smallest absolute Gasteiger partial charge is 0.257 e. The standard InChI is InChI=1S/C32H41N3O5/c36-29-14-8-19-34(29)22-24-40-28-13-6-4-11-26(28)30(37)35-20-16-32(17-21-35)15-7-1-2-9-25-10-3-5-12-27(25)39-23-18-33-31(32)38/h3-6,10-13H,1-2,7-9,14-24H2,(H,33,38). The summed E-state index contributed by atoms with van der Waals surface area (Å²) < 4.78 is 12.0. The van der Waals surface area contributed by atoms with Crippen LogP contribution in [0.1, 0.15) is 67.3 Å². The van der Waals surface area contributed by atoms with E-state index in [0.717, 1.165) is 50.8 Å². The van der Waals surface area contributed by atoms with E-state index in [1.165, 1.54) is 5.56 Å². The second-order valence-electron chi connectivity index (χ2n) is 11.2. The molecule has 1 N–H and O–H groups in total. The molecule has 8 nitrogen and oxygen atoms in total. The number of nitrogens with zero attached hydrogens (tertiary/aromatic N) is 2. The molecule has 3 aliphatic rings. The molecule has 0 unspecified atom stereocenters. The first kappa shape index (κ1) is 28.0. The van der Waals surface area contributed by atoms with Gasteiger partial charge in [-0.05, 0) is 62.3 Å². The summed E-state index contributed by atoms with van der Waals surface area (Å²) in [5.41, 5.74) is 1.29. The number of carbonyl (C=O) groups excluding carboxylic acids is 3. The number of aryl methyl sites for hydroxylation is 1. The minimum absolute atomic E-state index is 0.0705. The molecular weight excluding hydrogens is 506 g/mol. The third-order valence-corrected chi connectivity index (χ3v) is 8.62. The van der Waals surface area contributed by atoms with Crippen LogP contribution in [0.3, 0.4) is 0 Å². The van der Waals surface area contributed by atoms with Crippen molar-refractivity contribution in [1.29, 1.82) is 0 Å². The monoisotopic (exact) mass is 547 g/mol. The van der Waals surface area contributed by atoms with Crippen molar-refractivity contribution in [2.45, 2.75) is 57.8 Å². The molecule has 40 heavy (non-hydrogen) atoms. The SMILES string of the molecule is O=C1CCCN1CCOc1ccccc1C(=O)N1CCC2(CCCCCc3ccccc3OCCNC2=O)CC1. The van der Waals surface area contributed by atoms with Gasteiger partial charge >= 0.3 is 0 Å². The number of nitrogens with one attached hydrogen (secondary N) is 1. The van der Waals surface area contributed by atoms with E-state index in [4.69, 9.17) is 9.47 Å². The minimum Gasteiger partial charge on any atom is -0.491 e. The molecule has 0 atom stereocenters. The number of piperidine rings is 1. The van der Waals surface area contributed by atoms with Crippen LogP contribution in [0.15, 0.2) is 48.5 Å². The van der Waals surface area contributed by atoms with Crippen LogP contribution >= 0.6 is 0 Å². The Kier molecular flexibility index (Phi) is 9.24. The predicted octanol–water partition coefficient (Wildman–Crippen LogP) is 4.22. The summed E-state index contributed by atoms with van der Waals surface area (Å²) in [6.45, 7) is 3.62. The highest BCUT2D eigenvalue weighted by Gasteiger charge is 2.42. The zero-order valence-electron chi connectivity index (χ0n) is 23.4. The number of carbonyl (C=O) groups is 3. The van der Waals surface area contributed by atoms with Crippen LogP contribution < -0.4 is 14.8 Å². The Labute approximate surface area is 237 Å². The molecule has 214 valence electrons. The number of hydrogen-bond acceptors (Lipinski definition) is 5. The van der Waals surface area contributed by atoms with Gasteiger partial charge in [-0.1, -0.05) is 43.2 Å². The van der Waals surface area contributed by atoms with Gasteiger partial charge in [-0.15, -0.1) is 0 Å². The molecule has 5 rings (SSSR count). The normalized spacial score (nSPS) is 20.0. The van der Waals surface area contributed by atoms with E-state index in [-0.39, 0.29) is 17.7 Å². The maximum Gasteiger partial charge on any atom is 0.257 e. The Morgan fingerprint density at radius 3 is 2.52 bits per heavy atom. The van der Waals surface area contributed by atoms with Gasteiger partial charge < -0.3 is 24.6 Å². The van der Waals surface area contributed by atoms with Gasteiger partial charge in [-0.25, -0.2) is 0 Å². The van der Waals surface area contributed by atoms with Crippen molar-refractivity contribution in [3.63, 3.8) is 0 Å². The molecule has 0 bridgehead atoms. The van der Waals surface area contributed by atoms with Crippen molar-refractivity contribution in [3.8, 4) is 11.5 Å². The highest BCUT2D eigenvalue weighted by atomic mass is 16.5. The van der Waals surface area contributed by atoms with Gasteiger partial charge in [-0.2, -0.15) is 0 Å². The molecule has 8 heteroatoms. The van der Waals surface area contributed by atoms with E-state index in [0.29, 0.717) is 70.0 Å². The third-order valence-electron chi connectivity index (χ3n) is 8.62. The summed E-state index contributed by atoms with van der Waals surface area (Å²) in [6, 6.07) is 15.5. The Morgan fingerprint density at radius 1 is 0.900 bits per heavy atom. The fourth-order valence-corrected chi connectivity index (χ4v) is 6.19. The minimum atomic E-state index is -0.462. The molecular formula is C32H41N3O5. The van der Waals surface area contributed by atoms with Crippen LogP contribution in [0.5, 0.6) is 11.5 Å². The van der Waals surface area contributed by atoms with Crippen molar-refractivity contribution >= 4 is 17.7 Å². The number of ether oxygens (including phenoxy) is 2. The summed E-state index contributed by atoms with van der Waals surface area (Å²) in [5.74, 6) is 1.63. The van der Waals surface area contributed by atoms with Crippen LogP contribution in [0.2, 0.25) is 0 Å². The molecule has 3 amide bonds. The molecule has 1 spiro atoms. The van der Waals surface area contributed by atoms with Crippen molar-refractivity contribution < 1.29 is 23.9 Å². The topological polar surface area (TPSA) is 88.2 Å². The highest BCUT2D eigenvalue weighted by Crippen LogP contribution is 2.38. The quantitative estimate of drug-likeness (QED) is 0.606. The van der Waals surface area contributed by atoms with Crippen LogP contribution in [0, 0.1) is 5.41 Å². The molecule has 3 aliphatic heterocycles. The molecule has 2 fully saturated rings. The summed E-state index contributed by atoms with van der Waals surface area (Å²) in [6.07, 6.45) is 7.69. The molecule has 2 aromatic carbocycles. The first-order chi connectivity index (χ1) is 19.6. The Hall–Kier alpha value is -3.55. The van der Waals surface area contributed by atoms with Gasteiger partial charge in [0.1, 0.15) is 24.7 Å². The maximum absolute atomic E-state index is 13.6. The van der Waals surface area contributed by atoms with Gasteiger partial charge in [0.2, 0.25) is 11.8 Å². The van der Waals surface area contributed by atoms with Crippen molar-refractivity contribution in [2.75, 3.05) is 45.9 Å². The average molecular weight is 548 g/mol. The number of hydrogen-bond donors (Lipinski definition) is 1. The van der Waals surface area contributed by atoms with E-state index >= 15 is 0 Å². The molecule has 2 aromatic rings. The molecule has 0 radical (unpaired) electrons. The van der Waals surface area contributed by atoms with Gasteiger partial charge in [0, 0.05) is 26.1 Å². The van der Waals surface area contributed by atoms with Crippen LogP contribution in [-0.2, 0) is 16.0 Å². The predicted molar refractivity (Wildman–Crippen MR) is 152 cm³/mol. The molecule has 0 aromatic heterocycles. The summed E-state index contributed by atoms with van der Waals surface area (Å²) >= 11 is 0. The first-order valence-electron chi connectivity index (χ1n) is 14.8. The van der Waals surface area contributed by atoms with E-state index in [2.05, 4.69) is 11.4 Å². The average Bonchev–Trinajstić information content (AvgIpc) is 3.40. The largest absolute Gasteiger partial charge is 0.491 e. The van der Waals surface area contributed by atoms with Crippen molar-refractivity contribution in [2.24, 2.45) is 5.41 Å². The number of rotatable bonds is 5. The first-order valence-corrected chi connectivity index (χ1v) is 14.8. The van der Waals surface area contributed by atoms with Gasteiger partial charge in [0.05, 0.1) is 24.1 Å². The van der Waals surface area contributed by atoms with Gasteiger partial charge in [0.15, 0.2) is 0 Å². The van der Waals surface area contributed by atoms with Crippen LogP contribution in [-0.4, -0.2) is 73.5 Å². The second-order valence-corrected chi connectivity index (χ2v) is 11.2. The zero-order valence-corrected chi connectivity index (χ0v) is 23.4. The van der Waals surface area contributed by atoms with Crippen molar-refractivity contribution in [1.82, 2.24) is 15.1 Å². The fourth-order valence-electron chi connectivity index (χ4n) is 6.19. The zero-order chi connectivity index (χ0) is 27.8. The number of para-hydroxylation sites is 2. The van der Waals surface area contributed by atoms with Gasteiger partial charge in [-0.3, -0.25) is 14.4 Å². The molecule has 0 saturated carbocycles. The van der Waals surface area contributed by atoms with E-state index < -0.39 is 5.41 Å². The maximum atomic E-state index is 13.6. The number of amides is 3. The Bertz CT molecular complexity index is 1190. The van der Waals surface area contributed by atoms with Crippen molar-refractivity contribution in [3.05, 3.63) is 59.7 Å². The lowest BCUT2D eigenvalue weighted by atomic mass is 9.73. The number of fused-ring (bicyclic) bond motifs is 1. The number of benzene rings is 2. The van der Waals surface area contributed by atoms with Crippen LogP contribution in [0.4, 0.5) is 0 Å². The lowest BCUT2D eigenvalue weighted by molar-refractivity contribution is -0.134. The second kappa shape index (κ2) is 13.2. The fraction of sp³-hybridized carbons (Fsp3) is 0.531. The Morgan fingerprint density at radius 2 is 1.70 bits per heavy atom. The lowest BCUT2D eigenvalue weighted by Gasteiger charge is -2.41. The summed E-state index contributed by atoms with van der Waals surface area (Å²) in [7, 11) is 0. The highest BCUT2D eigenvalue weighted by molar-refractivity contribution is 5.97. The Balaban J connectivity index is 1.18. The number of likely N-dealkylation sites (tertiary alicyclic amines) is 2. The van der Waals surface area contributed by atoms with E-state index in [9.17, 15) is 14.4 Å². The van der Waals surface area contributed by atoms with Gasteiger partial charge in [0.25, 0.3) is 5.91 Å². The molecule has 3 heterocycles. The summed E-state index contributed by atoms with van der Waals surface area (Å²) in [4.78, 5) is 42.6. The van der Waals surface area contributed by atoms with E-state index in [1.54, 1.807) is 6.07 Å². The molecule has 2 saturated heterocycles. The van der Waals surface area contributed by atoms with E-state index in [1.807, 2.05) is 46.2 Å². The molecule has 0 aliphatic carbocycles. The summed E-state index contributed by atoms with van der Waals surface area (Å²) in [5, 5.41) is 3.13. The lowest BCUT2D eigenvalue weighted by Crippen LogP contribution is -2.50.